The molecule has 0 aromatic carbocycles. The second kappa shape index (κ2) is 4.06. The van der Waals surface area contributed by atoms with E-state index in [1.54, 1.807) is 0 Å². The Kier molecular flexibility index (Phi) is 3.04. The molecule has 0 unspecified atom stereocenters. The van der Waals surface area contributed by atoms with Gasteiger partial charge in [-0.2, -0.15) is 0 Å². The van der Waals surface area contributed by atoms with Crippen LogP contribution in [0.3, 0.4) is 0 Å². The van der Waals surface area contributed by atoms with Crippen molar-refractivity contribution < 1.29 is 14.3 Å². The third-order valence-electron chi connectivity index (χ3n) is 1.58. The SMILES string of the molecule is CCOCCN1CC(=O)NC1=O. The van der Waals surface area contributed by atoms with E-state index in [0.717, 1.165) is 0 Å². The van der Waals surface area contributed by atoms with Crippen LogP contribution in [-0.2, 0) is 9.53 Å². The molecule has 1 N–H and O–H groups in total. The summed E-state index contributed by atoms with van der Waals surface area (Å²) in [5.41, 5.74) is 0. The molecule has 12 heavy (non-hydrogen) atoms. The molecule has 0 aromatic rings. The number of ether oxygens (including phenoxy) is 1. The lowest BCUT2D eigenvalue weighted by Gasteiger charge is -2.11. The number of nitrogens with zero attached hydrogens (tertiary/aromatic N) is 1. The van der Waals surface area contributed by atoms with Gasteiger partial charge in [0.25, 0.3) is 0 Å². The minimum atomic E-state index is -0.320. The van der Waals surface area contributed by atoms with E-state index in [-0.39, 0.29) is 18.5 Å². The fourth-order valence-electron chi connectivity index (χ4n) is 0.983. The molecule has 1 heterocycles. The summed E-state index contributed by atoms with van der Waals surface area (Å²) in [6.45, 7) is 3.63. The van der Waals surface area contributed by atoms with Crippen LogP contribution in [0.15, 0.2) is 0 Å². The second-order valence-corrected chi connectivity index (χ2v) is 2.47. The number of carbonyl (C=O) groups excluding carboxylic acids is 2. The molecule has 1 fully saturated rings. The highest BCUT2D eigenvalue weighted by Crippen LogP contribution is 1.96. The summed E-state index contributed by atoms with van der Waals surface area (Å²) in [5.74, 6) is -0.239. The van der Waals surface area contributed by atoms with Crippen molar-refractivity contribution in [3.63, 3.8) is 0 Å². The van der Waals surface area contributed by atoms with Gasteiger partial charge in [-0.25, -0.2) is 4.79 Å². The van der Waals surface area contributed by atoms with Gasteiger partial charge in [-0.3, -0.25) is 10.1 Å². The number of carbonyl (C=O) groups is 2. The Labute approximate surface area is 70.7 Å². The van der Waals surface area contributed by atoms with Crippen LogP contribution in [0, 0.1) is 0 Å². The summed E-state index contributed by atoms with van der Waals surface area (Å²) in [4.78, 5) is 23.0. The molecule has 1 aliphatic heterocycles. The zero-order valence-corrected chi connectivity index (χ0v) is 7.00. The Morgan fingerprint density at radius 2 is 2.33 bits per heavy atom. The molecular formula is C7H12N2O3. The zero-order chi connectivity index (χ0) is 8.97. The number of rotatable bonds is 4. The fourth-order valence-corrected chi connectivity index (χ4v) is 0.983. The van der Waals surface area contributed by atoms with Crippen LogP contribution < -0.4 is 5.32 Å². The number of urea groups is 1. The Morgan fingerprint density at radius 3 is 2.83 bits per heavy atom. The highest BCUT2D eigenvalue weighted by molar-refractivity contribution is 6.01. The lowest BCUT2D eigenvalue weighted by Crippen LogP contribution is -2.31. The van der Waals surface area contributed by atoms with Crippen molar-refractivity contribution in [2.75, 3.05) is 26.3 Å². The third kappa shape index (κ3) is 2.20. The first-order valence-electron chi connectivity index (χ1n) is 3.90. The highest BCUT2D eigenvalue weighted by atomic mass is 16.5. The first-order chi connectivity index (χ1) is 5.74. The Morgan fingerprint density at radius 1 is 1.58 bits per heavy atom. The van der Waals surface area contributed by atoms with Crippen LogP contribution in [0.5, 0.6) is 0 Å². The third-order valence-corrected chi connectivity index (χ3v) is 1.58. The summed E-state index contributed by atoms with van der Waals surface area (Å²) in [6, 6.07) is -0.320. The molecule has 0 spiro atoms. The van der Waals surface area contributed by atoms with Crippen molar-refractivity contribution in [1.82, 2.24) is 10.2 Å². The van der Waals surface area contributed by atoms with Gasteiger partial charge < -0.3 is 9.64 Å². The predicted molar refractivity (Wildman–Crippen MR) is 41.6 cm³/mol. The van der Waals surface area contributed by atoms with Crippen molar-refractivity contribution in [3.05, 3.63) is 0 Å². The Balaban J connectivity index is 2.24. The summed E-state index contributed by atoms with van der Waals surface area (Å²) in [6.07, 6.45) is 0. The van der Waals surface area contributed by atoms with Gasteiger partial charge in [0.2, 0.25) is 5.91 Å². The van der Waals surface area contributed by atoms with E-state index in [4.69, 9.17) is 4.74 Å². The average Bonchev–Trinajstić information content (AvgIpc) is 2.31. The van der Waals surface area contributed by atoms with Crippen LogP contribution >= 0.6 is 0 Å². The van der Waals surface area contributed by atoms with Crippen molar-refractivity contribution >= 4 is 11.9 Å². The van der Waals surface area contributed by atoms with Crippen molar-refractivity contribution in [2.45, 2.75) is 6.92 Å². The summed E-state index contributed by atoms with van der Waals surface area (Å²) in [7, 11) is 0. The van der Waals surface area contributed by atoms with Gasteiger partial charge in [0, 0.05) is 13.2 Å². The van der Waals surface area contributed by atoms with Crippen molar-refractivity contribution in [3.8, 4) is 0 Å². The minimum Gasteiger partial charge on any atom is -0.380 e. The molecule has 0 aromatic heterocycles. The molecule has 5 heteroatoms. The van der Waals surface area contributed by atoms with E-state index in [1.807, 2.05) is 6.92 Å². The van der Waals surface area contributed by atoms with Crippen molar-refractivity contribution in [2.24, 2.45) is 0 Å². The zero-order valence-electron chi connectivity index (χ0n) is 7.00. The van der Waals surface area contributed by atoms with E-state index in [9.17, 15) is 9.59 Å². The highest BCUT2D eigenvalue weighted by Gasteiger charge is 2.25. The van der Waals surface area contributed by atoms with Gasteiger partial charge in [0.1, 0.15) is 6.54 Å². The Bertz CT molecular complexity index is 193. The van der Waals surface area contributed by atoms with Gasteiger partial charge in [-0.15, -0.1) is 0 Å². The number of hydrogen-bond donors (Lipinski definition) is 1. The maximum Gasteiger partial charge on any atom is 0.324 e. The maximum atomic E-state index is 10.9. The molecule has 0 aliphatic carbocycles. The van der Waals surface area contributed by atoms with Gasteiger partial charge >= 0.3 is 6.03 Å². The van der Waals surface area contributed by atoms with E-state index < -0.39 is 0 Å². The average molecular weight is 172 g/mol. The standard InChI is InChI=1S/C7H12N2O3/c1-2-12-4-3-9-5-6(10)8-7(9)11/h2-5H2,1H3,(H,8,10,11). The normalized spacial score (nSPS) is 16.9. The molecule has 0 atom stereocenters. The van der Waals surface area contributed by atoms with E-state index in [0.29, 0.717) is 19.8 Å². The smallest absolute Gasteiger partial charge is 0.324 e. The van der Waals surface area contributed by atoms with Crippen LogP contribution in [0.4, 0.5) is 4.79 Å². The molecule has 0 bridgehead atoms. The summed E-state index contributed by atoms with van der Waals surface area (Å²) < 4.78 is 5.05. The summed E-state index contributed by atoms with van der Waals surface area (Å²) in [5, 5.41) is 2.19. The van der Waals surface area contributed by atoms with Crippen LogP contribution in [-0.4, -0.2) is 43.1 Å². The topological polar surface area (TPSA) is 58.6 Å². The molecule has 1 saturated heterocycles. The van der Waals surface area contributed by atoms with E-state index in [1.165, 1.54) is 4.90 Å². The largest absolute Gasteiger partial charge is 0.380 e. The lowest BCUT2D eigenvalue weighted by atomic mass is 10.5. The second-order valence-electron chi connectivity index (χ2n) is 2.47. The number of amides is 3. The van der Waals surface area contributed by atoms with Gasteiger partial charge in [-0.1, -0.05) is 0 Å². The van der Waals surface area contributed by atoms with Crippen LogP contribution in [0.2, 0.25) is 0 Å². The number of hydrogen-bond acceptors (Lipinski definition) is 3. The number of imide groups is 1. The molecule has 5 nitrogen and oxygen atoms in total. The van der Waals surface area contributed by atoms with Gasteiger partial charge in [0.05, 0.1) is 6.61 Å². The van der Waals surface area contributed by atoms with E-state index >= 15 is 0 Å². The maximum absolute atomic E-state index is 10.9. The minimum absolute atomic E-state index is 0.159. The summed E-state index contributed by atoms with van der Waals surface area (Å²) >= 11 is 0. The van der Waals surface area contributed by atoms with Gasteiger partial charge in [0.15, 0.2) is 0 Å². The molecule has 0 saturated carbocycles. The molecule has 1 aliphatic rings. The van der Waals surface area contributed by atoms with Gasteiger partial charge in [-0.05, 0) is 6.92 Å². The first kappa shape index (κ1) is 8.99. The monoisotopic (exact) mass is 172 g/mol. The van der Waals surface area contributed by atoms with Crippen molar-refractivity contribution in [1.29, 1.82) is 0 Å². The van der Waals surface area contributed by atoms with E-state index in [2.05, 4.69) is 5.32 Å². The Hall–Kier alpha value is -1.10. The van der Waals surface area contributed by atoms with Crippen LogP contribution in [0.25, 0.3) is 0 Å². The molecule has 0 radical (unpaired) electrons. The lowest BCUT2D eigenvalue weighted by molar-refractivity contribution is -0.118. The fraction of sp³-hybridized carbons (Fsp3) is 0.714. The quantitative estimate of drug-likeness (QED) is 0.462. The molecular weight excluding hydrogens is 160 g/mol. The number of nitrogens with one attached hydrogen (secondary N) is 1. The van der Waals surface area contributed by atoms with Crippen LogP contribution in [0.1, 0.15) is 6.92 Å². The molecule has 3 amide bonds. The predicted octanol–water partition coefficient (Wildman–Crippen LogP) is -0.425. The molecule has 68 valence electrons. The first-order valence-corrected chi connectivity index (χ1v) is 3.90. The molecule has 1 rings (SSSR count).